The molecule has 0 radical (unpaired) electrons. The standard InChI is InChI=1S/C11H12ClFN2O2S/c12-8-3-10(11(15(16)17)4-9(8)13)14-5-7-1-2-18-6-7/h3-4,7,14H,1-2,5-6H2. The Hall–Kier alpha value is -1.01. The molecule has 1 aromatic rings. The van der Waals surface area contributed by atoms with Gasteiger partial charge < -0.3 is 5.32 Å². The quantitative estimate of drug-likeness (QED) is 0.680. The van der Waals surface area contributed by atoms with E-state index in [-0.39, 0.29) is 16.4 Å². The van der Waals surface area contributed by atoms with Gasteiger partial charge in [-0.05, 0) is 29.9 Å². The first-order valence-electron chi connectivity index (χ1n) is 5.53. The van der Waals surface area contributed by atoms with Crippen LogP contribution >= 0.6 is 23.4 Å². The Balaban J connectivity index is 2.14. The number of nitro groups is 1. The van der Waals surface area contributed by atoms with Crippen LogP contribution in [0.15, 0.2) is 12.1 Å². The average Bonchev–Trinajstić information content (AvgIpc) is 2.83. The Morgan fingerprint density at radius 2 is 2.39 bits per heavy atom. The summed E-state index contributed by atoms with van der Waals surface area (Å²) >= 11 is 7.52. The lowest BCUT2D eigenvalue weighted by Crippen LogP contribution is -2.14. The van der Waals surface area contributed by atoms with Crippen molar-refractivity contribution in [2.24, 2.45) is 5.92 Å². The number of anilines is 1. The largest absolute Gasteiger partial charge is 0.379 e. The van der Waals surface area contributed by atoms with Crippen LogP contribution in [0.25, 0.3) is 0 Å². The Morgan fingerprint density at radius 3 is 3.00 bits per heavy atom. The minimum absolute atomic E-state index is 0.108. The molecule has 1 heterocycles. The maximum Gasteiger partial charge on any atom is 0.295 e. The van der Waals surface area contributed by atoms with Crippen LogP contribution in [0.4, 0.5) is 15.8 Å². The lowest BCUT2D eigenvalue weighted by atomic mass is 10.1. The molecule has 0 bridgehead atoms. The molecule has 1 aromatic carbocycles. The van der Waals surface area contributed by atoms with E-state index in [0.29, 0.717) is 12.5 Å². The molecule has 1 fully saturated rings. The number of hydrogen-bond donors (Lipinski definition) is 1. The van der Waals surface area contributed by atoms with Crippen molar-refractivity contribution < 1.29 is 9.31 Å². The number of nitro benzene ring substituents is 1. The summed E-state index contributed by atoms with van der Waals surface area (Å²) in [5.74, 6) is 1.90. The third kappa shape index (κ3) is 3.05. The Kier molecular flexibility index (Phi) is 4.29. The molecule has 18 heavy (non-hydrogen) atoms. The van der Waals surface area contributed by atoms with Gasteiger partial charge in [-0.2, -0.15) is 11.8 Å². The number of rotatable bonds is 4. The van der Waals surface area contributed by atoms with Crippen LogP contribution in [0.1, 0.15) is 6.42 Å². The van der Waals surface area contributed by atoms with Crippen molar-refractivity contribution in [3.05, 3.63) is 33.1 Å². The third-order valence-electron chi connectivity index (χ3n) is 2.84. The molecule has 0 amide bonds. The van der Waals surface area contributed by atoms with E-state index in [9.17, 15) is 14.5 Å². The molecule has 2 rings (SSSR count). The van der Waals surface area contributed by atoms with Crippen LogP contribution in [0.3, 0.4) is 0 Å². The summed E-state index contributed by atoms with van der Waals surface area (Å²) in [6, 6.07) is 2.13. The fourth-order valence-corrected chi connectivity index (χ4v) is 3.28. The van der Waals surface area contributed by atoms with Gasteiger partial charge in [-0.25, -0.2) is 4.39 Å². The summed E-state index contributed by atoms with van der Waals surface area (Å²) in [5.41, 5.74) is 0.00542. The van der Waals surface area contributed by atoms with E-state index in [2.05, 4.69) is 5.32 Å². The van der Waals surface area contributed by atoms with Crippen molar-refractivity contribution in [2.45, 2.75) is 6.42 Å². The van der Waals surface area contributed by atoms with Gasteiger partial charge in [0, 0.05) is 6.54 Å². The number of thioether (sulfide) groups is 1. The highest BCUT2D eigenvalue weighted by atomic mass is 35.5. The van der Waals surface area contributed by atoms with E-state index < -0.39 is 10.7 Å². The summed E-state index contributed by atoms with van der Waals surface area (Å²) in [7, 11) is 0. The van der Waals surface area contributed by atoms with Gasteiger partial charge in [0.25, 0.3) is 5.69 Å². The average molecular weight is 291 g/mol. The molecule has 1 N–H and O–H groups in total. The number of benzene rings is 1. The monoisotopic (exact) mass is 290 g/mol. The van der Waals surface area contributed by atoms with Crippen molar-refractivity contribution >= 4 is 34.7 Å². The summed E-state index contributed by atoms with van der Waals surface area (Å²) in [4.78, 5) is 10.2. The van der Waals surface area contributed by atoms with Crippen LogP contribution in [0.2, 0.25) is 5.02 Å². The Labute approximate surface area is 113 Å². The van der Waals surface area contributed by atoms with Gasteiger partial charge in [-0.1, -0.05) is 11.6 Å². The van der Waals surface area contributed by atoms with Crippen LogP contribution < -0.4 is 5.32 Å². The smallest absolute Gasteiger partial charge is 0.295 e. The molecule has 1 aliphatic rings. The molecule has 1 saturated heterocycles. The zero-order valence-electron chi connectivity index (χ0n) is 9.49. The summed E-state index contributed by atoms with van der Waals surface area (Å²) < 4.78 is 13.2. The minimum Gasteiger partial charge on any atom is -0.379 e. The van der Waals surface area contributed by atoms with Crippen LogP contribution in [-0.2, 0) is 0 Å². The molecule has 98 valence electrons. The molecule has 0 saturated carbocycles. The van der Waals surface area contributed by atoms with Crippen molar-refractivity contribution in [2.75, 3.05) is 23.4 Å². The Bertz CT molecular complexity index is 467. The molecule has 4 nitrogen and oxygen atoms in total. The lowest BCUT2D eigenvalue weighted by Gasteiger charge is -2.12. The second-order valence-corrected chi connectivity index (χ2v) is 5.71. The van der Waals surface area contributed by atoms with Crippen molar-refractivity contribution in [3.8, 4) is 0 Å². The van der Waals surface area contributed by atoms with Crippen molar-refractivity contribution in [1.82, 2.24) is 0 Å². The number of halogens is 2. The first kappa shape index (κ1) is 13.4. The van der Waals surface area contributed by atoms with Crippen LogP contribution in [0, 0.1) is 21.8 Å². The first-order valence-corrected chi connectivity index (χ1v) is 7.06. The second kappa shape index (κ2) is 5.75. The van der Waals surface area contributed by atoms with Crippen LogP contribution in [-0.4, -0.2) is 23.0 Å². The highest BCUT2D eigenvalue weighted by molar-refractivity contribution is 7.99. The zero-order valence-corrected chi connectivity index (χ0v) is 11.1. The van der Waals surface area contributed by atoms with E-state index >= 15 is 0 Å². The molecular weight excluding hydrogens is 279 g/mol. The predicted octanol–water partition coefficient (Wildman–Crippen LogP) is 3.55. The molecule has 0 aromatic heterocycles. The molecule has 0 spiro atoms. The summed E-state index contributed by atoms with van der Waals surface area (Å²) in [6.45, 7) is 0.649. The van der Waals surface area contributed by atoms with Gasteiger partial charge in [-0.15, -0.1) is 0 Å². The lowest BCUT2D eigenvalue weighted by molar-refractivity contribution is -0.384. The summed E-state index contributed by atoms with van der Waals surface area (Å²) in [5, 5.41) is 13.7. The highest BCUT2D eigenvalue weighted by Gasteiger charge is 2.20. The molecule has 1 aliphatic heterocycles. The molecule has 1 atom stereocenters. The van der Waals surface area contributed by atoms with Crippen molar-refractivity contribution in [3.63, 3.8) is 0 Å². The van der Waals surface area contributed by atoms with E-state index in [4.69, 9.17) is 11.6 Å². The molecule has 7 heteroatoms. The second-order valence-electron chi connectivity index (χ2n) is 4.15. The number of nitrogens with one attached hydrogen (secondary N) is 1. The van der Waals surface area contributed by atoms with E-state index in [1.807, 2.05) is 11.8 Å². The predicted molar refractivity (Wildman–Crippen MR) is 72.0 cm³/mol. The molecular formula is C11H12ClFN2O2S. The fraction of sp³-hybridized carbons (Fsp3) is 0.455. The van der Waals surface area contributed by atoms with Gasteiger partial charge in [0.05, 0.1) is 16.0 Å². The third-order valence-corrected chi connectivity index (χ3v) is 4.36. The first-order chi connectivity index (χ1) is 8.58. The van der Waals surface area contributed by atoms with E-state index in [1.54, 1.807) is 0 Å². The molecule has 0 aliphatic carbocycles. The zero-order chi connectivity index (χ0) is 13.1. The fourth-order valence-electron chi connectivity index (χ4n) is 1.83. The van der Waals surface area contributed by atoms with Crippen LogP contribution in [0.5, 0.6) is 0 Å². The van der Waals surface area contributed by atoms with Crippen molar-refractivity contribution in [1.29, 1.82) is 0 Å². The normalized spacial score (nSPS) is 18.9. The van der Waals surface area contributed by atoms with Gasteiger partial charge in [-0.3, -0.25) is 10.1 Å². The topological polar surface area (TPSA) is 55.2 Å². The van der Waals surface area contributed by atoms with E-state index in [1.165, 1.54) is 6.07 Å². The Morgan fingerprint density at radius 1 is 1.61 bits per heavy atom. The van der Waals surface area contributed by atoms with Gasteiger partial charge >= 0.3 is 0 Å². The van der Waals surface area contributed by atoms with E-state index in [0.717, 1.165) is 24.0 Å². The maximum absolute atomic E-state index is 13.2. The van der Waals surface area contributed by atoms with Gasteiger partial charge in [0.1, 0.15) is 11.5 Å². The number of nitrogens with zero attached hydrogens (tertiary/aromatic N) is 1. The SMILES string of the molecule is O=[N+]([O-])c1cc(F)c(Cl)cc1NCC1CCSC1. The van der Waals surface area contributed by atoms with Gasteiger partial charge in [0.15, 0.2) is 0 Å². The maximum atomic E-state index is 13.2. The summed E-state index contributed by atoms with van der Waals surface area (Å²) in [6.07, 6.45) is 1.10. The highest BCUT2D eigenvalue weighted by Crippen LogP contribution is 2.31. The van der Waals surface area contributed by atoms with Gasteiger partial charge in [0.2, 0.25) is 0 Å². The number of hydrogen-bond acceptors (Lipinski definition) is 4. The molecule has 1 unspecified atom stereocenters. The minimum atomic E-state index is -0.773.